The van der Waals surface area contributed by atoms with E-state index in [0.717, 1.165) is 22.3 Å². The summed E-state index contributed by atoms with van der Waals surface area (Å²) in [5.74, 6) is 0. The van der Waals surface area contributed by atoms with Crippen molar-refractivity contribution >= 4 is 0 Å². The van der Waals surface area contributed by atoms with Crippen molar-refractivity contribution in [2.45, 2.75) is 25.8 Å². The molecule has 0 saturated carbocycles. The van der Waals surface area contributed by atoms with Gasteiger partial charge in [-0.05, 0) is 48.2 Å². The van der Waals surface area contributed by atoms with Gasteiger partial charge in [0.15, 0.2) is 0 Å². The third kappa shape index (κ3) is 3.29. The van der Waals surface area contributed by atoms with Crippen LogP contribution in [-0.2, 0) is 12.0 Å². The molecule has 1 aromatic heterocycles. The Morgan fingerprint density at radius 2 is 1.87 bits per heavy atom. The van der Waals surface area contributed by atoms with Gasteiger partial charge in [0.05, 0.1) is 18.0 Å². The highest BCUT2D eigenvalue weighted by Crippen LogP contribution is 2.29. The molecule has 0 amide bonds. The Morgan fingerprint density at radius 3 is 2.52 bits per heavy atom. The first kappa shape index (κ1) is 15.0. The topological polar surface area (TPSA) is 54.5 Å². The van der Waals surface area contributed by atoms with E-state index in [-0.39, 0.29) is 0 Å². The lowest BCUT2D eigenvalue weighted by Gasteiger charge is -2.19. The van der Waals surface area contributed by atoms with Gasteiger partial charge >= 0.3 is 0 Å². The predicted octanol–water partition coefficient (Wildman–Crippen LogP) is 3.79. The van der Waals surface area contributed by atoms with Crippen LogP contribution in [0.3, 0.4) is 0 Å². The zero-order valence-electron chi connectivity index (χ0n) is 13.3. The second-order valence-electron chi connectivity index (χ2n) is 6.11. The van der Waals surface area contributed by atoms with E-state index < -0.39 is 5.41 Å². The summed E-state index contributed by atoms with van der Waals surface area (Å²) in [7, 11) is 0. The summed E-state index contributed by atoms with van der Waals surface area (Å²) < 4.78 is 1.78. The van der Waals surface area contributed by atoms with Crippen molar-refractivity contribution in [1.29, 1.82) is 5.26 Å². The van der Waals surface area contributed by atoms with E-state index in [4.69, 9.17) is 0 Å². The minimum Gasteiger partial charge on any atom is -0.249 e. The maximum Gasteiger partial charge on any atom is 0.137 e. The molecule has 3 aromatic rings. The quantitative estimate of drug-likeness (QED) is 0.736. The zero-order chi connectivity index (χ0) is 16.3. The van der Waals surface area contributed by atoms with Crippen LogP contribution in [-0.4, -0.2) is 14.8 Å². The molecule has 2 aromatic carbocycles. The van der Waals surface area contributed by atoms with Gasteiger partial charge in [-0.15, -0.1) is 0 Å². The Morgan fingerprint density at radius 1 is 1.09 bits per heavy atom. The molecule has 0 aliphatic heterocycles. The maximum absolute atomic E-state index is 9.48. The van der Waals surface area contributed by atoms with Crippen LogP contribution in [0.5, 0.6) is 0 Å². The number of nitrogens with zero attached hydrogens (tertiary/aromatic N) is 4. The lowest BCUT2D eigenvalue weighted by atomic mass is 9.83. The van der Waals surface area contributed by atoms with Crippen molar-refractivity contribution in [1.82, 2.24) is 14.8 Å². The average molecular weight is 302 g/mol. The van der Waals surface area contributed by atoms with E-state index in [1.165, 1.54) is 6.33 Å². The second-order valence-corrected chi connectivity index (χ2v) is 6.11. The normalized spacial score (nSPS) is 11.2. The van der Waals surface area contributed by atoms with Crippen LogP contribution in [0.2, 0.25) is 0 Å². The van der Waals surface area contributed by atoms with Gasteiger partial charge in [-0.1, -0.05) is 36.4 Å². The van der Waals surface area contributed by atoms with E-state index in [1.807, 2.05) is 32.0 Å². The van der Waals surface area contributed by atoms with Gasteiger partial charge in [-0.2, -0.15) is 10.4 Å². The highest BCUT2D eigenvalue weighted by Gasteiger charge is 2.21. The van der Waals surface area contributed by atoms with Crippen molar-refractivity contribution in [3.8, 4) is 17.2 Å². The smallest absolute Gasteiger partial charge is 0.137 e. The van der Waals surface area contributed by atoms with Crippen molar-refractivity contribution in [2.24, 2.45) is 0 Å². The van der Waals surface area contributed by atoms with E-state index in [1.54, 1.807) is 11.0 Å². The van der Waals surface area contributed by atoms with Crippen LogP contribution in [0.25, 0.3) is 11.1 Å². The SMILES string of the molecule is CC(C)(C#N)c1cc(Cn2cncn2)cc(-c2ccccc2)c1. The predicted molar refractivity (Wildman–Crippen MR) is 89.6 cm³/mol. The van der Waals surface area contributed by atoms with Crippen LogP contribution in [0.15, 0.2) is 61.2 Å². The van der Waals surface area contributed by atoms with Crippen LogP contribution in [0.4, 0.5) is 0 Å². The molecular weight excluding hydrogens is 284 g/mol. The molecule has 23 heavy (non-hydrogen) atoms. The third-order valence-corrected chi connectivity index (χ3v) is 3.91. The molecule has 0 saturated heterocycles. The molecule has 0 bridgehead atoms. The summed E-state index contributed by atoms with van der Waals surface area (Å²) in [5.41, 5.74) is 3.83. The number of hydrogen-bond donors (Lipinski definition) is 0. The summed E-state index contributed by atoms with van der Waals surface area (Å²) in [4.78, 5) is 3.99. The van der Waals surface area contributed by atoms with E-state index in [0.29, 0.717) is 6.54 Å². The first-order valence-corrected chi connectivity index (χ1v) is 7.52. The van der Waals surface area contributed by atoms with Gasteiger partial charge in [0, 0.05) is 0 Å². The fourth-order valence-electron chi connectivity index (χ4n) is 2.51. The van der Waals surface area contributed by atoms with E-state index in [2.05, 4.69) is 46.5 Å². The van der Waals surface area contributed by atoms with Gasteiger partial charge in [0.25, 0.3) is 0 Å². The monoisotopic (exact) mass is 302 g/mol. The van der Waals surface area contributed by atoms with Crippen molar-refractivity contribution in [3.63, 3.8) is 0 Å². The van der Waals surface area contributed by atoms with Crippen molar-refractivity contribution < 1.29 is 0 Å². The molecule has 4 heteroatoms. The highest BCUT2D eigenvalue weighted by molar-refractivity contribution is 5.66. The molecule has 1 heterocycles. The molecule has 0 N–H and O–H groups in total. The molecular formula is C19H18N4. The Balaban J connectivity index is 2.09. The molecule has 3 rings (SSSR count). The number of hydrogen-bond acceptors (Lipinski definition) is 3. The summed E-state index contributed by atoms with van der Waals surface area (Å²) in [6.45, 7) is 4.52. The zero-order valence-corrected chi connectivity index (χ0v) is 13.3. The number of rotatable bonds is 4. The first-order valence-electron chi connectivity index (χ1n) is 7.52. The molecule has 0 radical (unpaired) electrons. The minimum atomic E-state index is -0.540. The fraction of sp³-hybridized carbons (Fsp3) is 0.211. The standard InChI is InChI=1S/C19H18N4/c1-19(2,12-20)18-9-15(11-23-14-21-13-22-23)8-17(10-18)16-6-4-3-5-7-16/h3-10,13-14H,11H2,1-2H3. The number of benzene rings is 2. The number of nitriles is 1. The molecule has 4 nitrogen and oxygen atoms in total. The van der Waals surface area contributed by atoms with Gasteiger partial charge in [-0.25, -0.2) is 9.67 Å². The lowest BCUT2D eigenvalue weighted by molar-refractivity contribution is 0.668. The van der Waals surface area contributed by atoms with Gasteiger partial charge < -0.3 is 0 Å². The summed E-state index contributed by atoms with van der Waals surface area (Å²) in [6.07, 6.45) is 3.23. The molecule has 0 unspecified atom stereocenters. The fourth-order valence-corrected chi connectivity index (χ4v) is 2.51. The van der Waals surface area contributed by atoms with Crippen LogP contribution in [0, 0.1) is 11.3 Å². The average Bonchev–Trinajstić information content (AvgIpc) is 3.08. The molecule has 0 aliphatic rings. The van der Waals surface area contributed by atoms with E-state index >= 15 is 0 Å². The largest absolute Gasteiger partial charge is 0.249 e. The van der Waals surface area contributed by atoms with E-state index in [9.17, 15) is 5.26 Å². The van der Waals surface area contributed by atoms with Gasteiger partial charge in [0.1, 0.15) is 12.7 Å². The van der Waals surface area contributed by atoms with Crippen LogP contribution < -0.4 is 0 Å². The van der Waals surface area contributed by atoms with Crippen molar-refractivity contribution in [2.75, 3.05) is 0 Å². The lowest BCUT2D eigenvalue weighted by Crippen LogP contribution is -2.15. The third-order valence-electron chi connectivity index (χ3n) is 3.91. The minimum absolute atomic E-state index is 0.540. The Labute approximate surface area is 136 Å². The Bertz CT molecular complexity index is 828. The molecule has 114 valence electrons. The molecule has 0 spiro atoms. The number of aromatic nitrogens is 3. The summed E-state index contributed by atoms with van der Waals surface area (Å²) in [6, 6.07) is 18.9. The first-order chi connectivity index (χ1) is 11.1. The maximum atomic E-state index is 9.48. The molecule has 0 fully saturated rings. The van der Waals surface area contributed by atoms with Crippen LogP contribution >= 0.6 is 0 Å². The Hall–Kier alpha value is -2.93. The Kier molecular flexibility index (Phi) is 3.94. The van der Waals surface area contributed by atoms with Gasteiger partial charge in [0.2, 0.25) is 0 Å². The van der Waals surface area contributed by atoms with Gasteiger partial charge in [-0.3, -0.25) is 0 Å². The molecule has 0 atom stereocenters. The highest BCUT2D eigenvalue weighted by atomic mass is 15.3. The van der Waals surface area contributed by atoms with Crippen molar-refractivity contribution in [3.05, 3.63) is 72.3 Å². The van der Waals surface area contributed by atoms with Crippen LogP contribution in [0.1, 0.15) is 25.0 Å². The summed E-state index contributed by atoms with van der Waals surface area (Å²) >= 11 is 0. The molecule has 0 aliphatic carbocycles. The second kappa shape index (κ2) is 6.05. The summed E-state index contributed by atoms with van der Waals surface area (Å²) in [5, 5.41) is 13.6.